The Bertz CT molecular complexity index is 1020. The van der Waals surface area contributed by atoms with E-state index >= 15 is 0 Å². The molecule has 0 bridgehead atoms. The molecule has 3 aromatic rings. The van der Waals surface area contributed by atoms with Gasteiger partial charge in [-0.3, -0.25) is 0 Å². The third-order valence-corrected chi connectivity index (χ3v) is 5.60. The van der Waals surface area contributed by atoms with Crippen molar-refractivity contribution >= 4 is 23.3 Å². The molecule has 0 fully saturated rings. The Morgan fingerprint density at radius 1 is 1.26 bits per heavy atom. The number of aryl methyl sites for hydroxylation is 1. The normalized spacial score (nSPS) is 16.0. The molecular weight excluding hydrogens is 360 g/mol. The van der Waals surface area contributed by atoms with E-state index in [0.29, 0.717) is 24.0 Å². The Morgan fingerprint density at radius 3 is 2.70 bits per heavy atom. The van der Waals surface area contributed by atoms with Gasteiger partial charge in [-0.15, -0.1) is 16.4 Å². The lowest BCUT2D eigenvalue weighted by molar-refractivity contribution is -0.139. The van der Waals surface area contributed by atoms with Gasteiger partial charge in [-0.05, 0) is 37.8 Å². The number of thiophene rings is 1. The van der Waals surface area contributed by atoms with Crippen molar-refractivity contribution in [2.24, 2.45) is 0 Å². The van der Waals surface area contributed by atoms with E-state index < -0.39 is 0 Å². The number of esters is 1. The number of rotatable bonds is 4. The molecule has 138 valence electrons. The van der Waals surface area contributed by atoms with E-state index in [9.17, 15) is 4.79 Å². The van der Waals surface area contributed by atoms with Gasteiger partial charge in [0, 0.05) is 16.1 Å². The van der Waals surface area contributed by atoms with Crippen LogP contribution in [0.25, 0.3) is 11.4 Å². The monoisotopic (exact) mass is 380 g/mol. The van der Waals surface area contributed by atoms with E-state index in [2.05, 4.69) is 16.4 Å². The molecule has 0 spiro atoms. The Balaban J connectivity index is 1.87. The highest BCUT2D eigenvalue weighted by atomic mass is 32.1. The Labute approximate surface area is 161 Å². The first-order valence-corrected chi connectivity index (χ1v) is 9.69. The van der Waals surface area contributed by atoms with E-state index in [4.69, 9.17) is 9.84 Å². The summed E-state index contributed by atoms with van der Waals surface area (Å²) < 4.78 is 7.12. The third-order valence-electron chi connectivity index (χ3n) is 4.53. The third kappa shape index (κ3) is 3.04. The molecule has 0 aliphatic carbocycles. The van der Waals surface area contributed by atoms with Crippen molar-refractivity contribution in [3.05, 3.63) is 63.5 Å². The molecule has 1 aromatic carbocycles. The molecular formula is C20H20N4O2S. The summed E-state index contributed by atoms with van der Waals surface area (Å²) in [4.78, 5) is 18.5. The number of nitrogens with one attached hydrogen (secondary N) is 1. The molecule has 4 rings (SSSR count). The van der Waals surface area contributed by atoms with Crippen LogP contribution in [-0.4, -0.2) is 27.3 Å². The van der Waals surface area contributed by atoms with Crippen molar-refractivity contribution in [1.82, 2.24) is 14.8 Å². The van der Waals surface area contributed by atoms with Gasteiger partial charge in [-0.1, -0.05) is 30.3 Å². The summed E-state index contributed by atoms with van der Waals surface area (Å²) >= 11 is 1.61. The van der Waals surface area contributed by atoms with Gasteiger partial charge in [0.15, 0.2) is 5.82 Å². The van der Waals surface area contributed by atoms with Crippen LogP contribution in [0.3, 0.4) is 0 Å². The number of fused-ring (bicyclic) bond motifs is 1. The maximum Gasteiger partial charge on any atom is 0.338 e. The fourth-order valence-electron chi connectivity index (χ4n) is 3.24. The highest BCUT2D eigenvalue weighted by Crippen LogP contribution is 2.40. The summed E-state index contributed by atoms with van der Waals surface area (Å²) in [5.74, 6) is 0.912. The number of carbonyl (C=O) groups is 1. The molecule has 0 amide bonds. The van der Waals surface area contributed by atoms with Gasteiger partial charge in [0.1, 0.15) is 6.04 Å². The summed E-state index contributed by atoms with van der Waals surface area (Å²) in [5, 5.41) is 9.99. The molecule has 0 radical (unpaired) electrons. The lowest BCUT2D eigenvalue weighted by Crippen LogP contribution is -2.29. The van der Waals surface area contributed by atoms with E-state index in [1.54, 1.807) is 16.0 Å². The quantitative estimate of drug-likeness (QED) is 0.688. The average Bonchev–Trinajstić information content (AvgIpc) is 3.27. The number of hydrogen-bond acceptors (Lipinski definition) is 6. The van der Waals surface area contributed by atoms with E-state index in [1.807, 2.05) is 56.5 Å². The zero-order valence-electron chi connectivity index (χ0n) is 15.4. The van der Waals surface area contributed by atoms with Crippen molar-refractivity contribution in [3.63, 3.8) is 0 Å². The van der Waals surface area contributed by atoms with E-state index in [-0.39, 0.29) is 12.0 Å². The summed E-state index contributed by atoms with van der Waals surface area (Å²) in [6, 6.07) is 11.5. The summed E-state index contributed by atoms with van der Waals surface area (Å²) in [6.07, 6.45) is 0. The zero-order valence-corrected chi connectivity index (χ0v) is 16.2. The van der Waals surface area contributed by atoms with Crippen LogP contribution in [0.5, 0.6) is 0 Å². The van der Waals surface area contributed by atoms with Crippen LogP contribution >= 0.6 is 11.3 Å². The maximum absolute atomic E-state index is 12.7. The van der Waals surface area contributed by atoms with Gasteiger partial charge in [0.2, 0.25) is 5.95 Å². The highest BCUT2D eigenvalue weighted by Gasteiger charge is 2.36. The van der Waals surface area contributed by atoms with Crippen LogP contribution in [-0.2, 0) is 9.53 Å². The van der Waals surface area contributed by atoms with E-state index in [0.717, 1.165) is 21.7 Å². The minimum atomic E-state index is -0.356. The molecule has 1 atom stereocenters. The Morgan fingerprint density at radius 2 is 2.04 bits per heavy atom. The molecule has 6 nitrogen and oxygen atoms in total. The number of aromatic nitrogens is 3. The van der Waals surface area contributed by atoms with Crippen LogP contribution in [0.2, 0.25) is 0 Å². The number of ether oxygens (including phenoxy) is 1. The number of benzene rings is 1. The first-order chi connectivity index (χ1) is 13.1. The lowest BCUT2D eigenvalue weighted by atomic mass is 10.00. The summed E-state index contributed by atoms with van der Waals surface area (Å²) in [7, 11) is 0. The summed E-state index contributed by atoms with van der Waals surface area (Å²) in [6.45, 7) is 6.05. The Kier molecular flexibility index (Phi) is 4.53. The van der Waals surface area contributed by atoms with Gasteiger partial charge in [-0.2, -0.15) is 4.98 Å². The number of anilines is 1. The standard InChI is InChI=1S/C20H20N4O2S/c1-4-26-19(25)15-13(3)21-20-22-18(14-8-6-5-7-9-14)23-24(20)16(15)17-12(2)10-11-27-17/h5-11,16H,4H2,1-3H3,(H,21,22,23). The smallest absolute Gasteiger partial charge is 0.338 e. The van der Waals surface area contributed by atoms with Crippen molar-refractivity contribution in [3.8, 4) is 11.4 Å². The molecule has 0 saturated carbocycles. The van der Waals surface area contributed by atoms with Crippen LogP contribution in [0, 0.1) is 6.92 Å². The fourth-order valence-corrected chi connectivity index (χ4v) is 4.26. The topological polar surface area (TPSA) is 69.0 Å². The number of carbonyl (C=O) groups excluding carboxylic acids is 1. The lowest BCUT2D eigenvalue weighted by Gasteiger charge is -2.27. The second kappa shape index (κ2) is 7.00. The minimum Gasteiger partial charge on any atom is -0.463 e. The van der Waals surface area contributed by atoms with Gasteiger partial charge in [-0.25, -0.2) is 9.48 Å². The van der Waals surface area contributed by atoms with Gasteiger partial charge < -0.3 is 10.1 Å². The zero-order chi connectivity index (χ0) is 19.0. The summed E-state index contributed by atoms with van der Waals surface area (Å²) in [5.41, 5.74) is 3.35. The average molecular weight is 380 g/mol. The van der Waals surface area contributed by atoms with Crippen molar-refractivity contribution in [2.45, 2.75) is 26.8 Å². The molecule has 1 unspecified atom stereocenters. The Hall–Kier alpha value is -2.93. The van der Waals surface area contributed by atoms with Gasteiger partial charge in [0.05, 0.1) is 12.2 Å². The van der Waals surface area contributed by atoms with Gasteiger partial charge >= 0.3 is 5.97 Å². The SMILES string of the molecule is CCOC(=O)C1=C(C)Nc2nc(-c3ccccc3)nn2C1c1sccc1C. The molecule has 3 heterocycles. The first-order valence-electron chi connectivity index (χ1n) is 8.81. The maximum atomic E-state index is 12.7. The predicted molar refractivity (Wildman–Crippen MR) is 106 cm³/mol. The minimum absolute atomic E-state index is 0.325. The molecule has 1 aliphatic rings. The molecule has 1 aliphatic heterocycles. The fraction of sp³-hybridized carbons (Fsp3) is 0.250. The number of nitrogens with zero attached hydrogens (tertiary/aromatic N) is 3. The molecule has 0 saturated heterocycles. The highest BCUT2D eigenvalue weighted by molar-refractivity contribution is 7.10. The second-order valence-corrected chi connectivity index (χ2v) is 7.27. The van der Waals surface area contributed by atoms with Crippen LogP contribution in [0.1, 0.15) is 30.3 Å². The molecule has 27 heavy (non-hydrogen) atoms. The predicted octanol–water partition coefficient (Wildman–Crippen LogP) is 4.17. The molecule has 7 heteroatoms. The van der Waals surface area contributed by atoms with Crippen molar-refractivity contribution in [2.75, 3.05) is 11.9 Å². The van der Waals surface area contributed by atoms with Crippen LogP contribution < -0.4 is 5.32 Å². The first kappa shape index (κ1) is 17.5. The van der Waals surface area contributed by atoms with Crippen molar-refractivity contribution in [1.29, 1.82) is 0 Å². The van der Waals surface area contributed by atoms with Crippen LogP contribution in [0.4, 0.5) is 5.95 Å². The molecule has 2 aromatic heterocycles. The molecule has 1 N–H and O–H groups in total. The van der Waals surface area contributed by atoms with Crippen LogP contribution in [0.15, 0.2) is 53.0 Å². The van der Waals surface area contributed by atoms with E-state index in [1.165, 1.54) is 0 Å². The van der Waals surface area contributed by atoms with Crippen molar-refractivity contribution < 1.29 is 9.53 Å². The second-order valence-electron chi connectivity index (χ2n) is 6.32. The van der Waals surface area contributed by atoms with Gasteiger partial charge in [0.25, 0.3) is 0 Å². The number of allylic oxidation sites excluding steroid dienone is 1. The number of hydrogen-bond donors (Lipinski definition) is 1. The largest absolute Gasteiger partial charge is 0.463 e.